The standard InChI is InChI=1S/C19H20F6N4O4/c20-18(21,22)12-3-10(26-4-13(12)19(23,24)25)8-32-11-5-29(6-11)17(31)28-2-1-15-14(7-28)27-16(30)9-33-15/h3-4,11,14-15H,1-2,5-9H2,(H,27,30)/t14-,15+/m1/s1. The van der Waals surface area contributed by atoms with Gasteiger partial charge < -0.3 is 24.6 Å². The summed E-state index contributed by atoms with van der Waals surface area (Å²) in [7, 11) is 0. The summed E-state index contributed by atoms with van der Waals surface area (Å²) < 4.78 is 88.5. The van der Waals surface area contributed by atoms with E-state index in [4.69, 9.17) is 9.47 Å². The Labute approximate surface area is 183 Å². The van der Waals surface area contributed by atoms with Crippen molar-refractivity contribution in [2.75, 3.05) is 32.8 Å². The molecule has 3 aliphatic heterocycles. The Morgan fingerprint density at radius 2 is 1.82 bits per heavy atom. The number of hydrogen-bond donors (Lipinski definition) is 1. The first kappa shape index (κ1) is 23.5. The average Bonchev–Trinajstić information content (AvgIpc) is 2.70. The molecule has 1 aromatic rings. The highest BCUT2D eigenvalue weighted by atomic mass is 19.4. The molecule has 3 aliphatic rings. The minimum atomic E-state index is -5.20. The quantitative estimate of drug-likeness (QED) is 0.667. The van der Waals surface area contributed by atoms with Gasteiger partial charge in [-0.1, -0.05) is 0 Å². The number of pyridine rings is 1. The summed E-state index contributed by atoms with van der Waals surface area (Å²) in [5.41, 5.74) is -3.98. The number of carbonyl (C=O) groups is 2. The van der Waals surface area contributed by atoms with Gasteiger partial charge in [-0.2, -0.15) is 26.3 Å². The second-order valence-electron chi connectivity index (χ2n) is 8.10. The number of nitrogens with zero attached hydrogens (tertiary/aromatic N) is 3. The monoisotopic (exact) mass is 482 g/mol. The van der Waals surface area contributed by atoms with Gasteiger partial charge in [-0.05, 0) is 12.5 Å². The van der Waals surface area contributed by atoms with Gasteiger partial charge in [0.1, 0.15) is 6.61 Å². The predicted molar refractivity (Wildman–Crippen MR) is 97.6 cm³/mol. The third-order valence-electron chi connectivity index (χ3n) is 5.75. The molecule has 8 nitrogen and oxygen atoms in total. The lowest BCUT2D eigenvalue weighted by Gasteiger charge is -2.45. The lowest BCUT2D eigenvalue weighted by molar-refractivity contribution is -0.162. The fourth-order valence-electron chi connectivity index (χ4n) is 4.01. The Bertz CT molecular complexity index is 919. The number of fused-ring (bicyclic) bond motifs is 1. The summed E-state index contributed by atoms with van der Waals surface area (Å²) in [5.74, 6) is -0.242. The zero-order chi connectivity index (χ0) is 24.0. The van der Waals surface area contributed by atoms with Crippen LogP contribution in [0.15, 0.2) is 12.3 Å². The molecule has 182 valence electrons. The van der Waals surface area contributed by atoms with E-state index in [1.807, 2.05) is 0 Å². The minimum Gasteiger partial charge on any atom is -0.368 e. The van der Waals surface area contributed by atoms with E-state index >= 15 is 0 Å². The number of aromatic nitrogens is 1. The second-order valence-corrected chi connectivity index (χ2v) is 8.10. The van der Waals surface area contributed by atoms with Crippen LogP contribution in [-0.2, 0) is 33.2 Å². The smallest absolute Gasteiger partial charge is 0.368 e. The summed E-state index contributed by atoms with van der Waals surface area (Å²) >= 11 is 0. The molecule has 3 fully saturated rings. The molecule has 0 radical (unpaired) electrons. The normalized spacial score (nSPS) is 24.2. The van der Waals surface area contributed by atoms with Gasteiger partial charge in [0, 0.05) is 19.3 Å². The molecule has 1 aromatic heterocycles. The fourth-order valence-corrected chi connectivity index (χ4v) is 4.01. The average molecular weight is 482 g/mol. The molecule has 0 unspecified atom stereocenters. The van der Waals surface area contributed by atoms with Gasteiger partial charge in [-0.15, -0.1) is 0 Å². The Hall–Kier alpha value is -2.61. The summed E-state index contributed by atoms with van der Waals surface area (Å²) in [6.07, 6.45) is -10.3. The first-order valence-corrected chi connectivity index (χ1v) is 10.1. The van der Waals surface area contributed by atoms with Crippen molar-refractivity contribution in [3.8, 4) is 0 Å². The van der Waals surface area contributed by atoms with Crippen LogP contribution in [-0.4, -0.2) is 77.8 Å². The Kier molecular flexibility index (Phi) is 6.16. The van der Waals surface area contributed by atoms with Crippen LogP contribution in [0.5, 0.6) is 0 Å². The highest BCUT2D eigenvalue weighted by molar-refractivity contribution is 5.79. The van der Waals surface area contributed by atoms with E-state index in [0.29, 0.717) is 25.6 Å². The van der Waals surface area contributed by atoms with E-state index in [1.165, 1.54) is 4.90 Å². The van der Waals surface area contributed by atoms with E-state index in [2.05, 4.69) is 10.3 Å². The number of hydrogen-bond acceptors (Lipinski definition) is 5. The van der Waals surface area contributed by atoms with Crippen LogP contribution in [0.2, 0.25) is 0 Å². The lowest BCUT2D eigenvalue weighted by Crippen LogP contribution is -2.65. The van der Waals surface area contributed by atoms with Crippen LogP contribution in [0.25, 0.3) is 0 Å². The van der Waals surface area contributed by atoms with Crippen LogP contribution in [0.3, 0.4) is 0 Å². The van der Waals surface area contributed by atoms with E-state index in [0.717, 1.165) is 0 Å². The Balaban J connectivity index is 1.28. The van der Waals surface area contributed by atoms with Crippen molar-refractivity contribution in [3.63, 3.8) is 0 Å². The van der Waals surface area contributed by atoms with Crippen LogP contribution >= 0.6 is 0 Å². The molecular formula is C19H20F6N4O4. The number of carbonyl (C=O) groups excluding carboxylic acids is 2. The van der Waals surface area contributed by atoms with Gasteiger partial charge in [0.05, 0.1) is 54.8 Å². The number of alkyl halides is 6. The van der Waals surface area contributed by atoms with Crippen LogP contribution < -0.4 is 5.32 Å². The van der Waals surface area contributed by atoms with Gasteiger partial charge in [0.25, 0.3) is 0 Å². The molecule has 0 bridgehead atoms. The van der Waals surface area contributed by atoms with E-state index < -0.39 is 36.2 Å². The summed E-state index contributed by atoms with van der Waals surface area (Å²) in [6.45, 7) is 0.682. The number of piperidine rings is 1. The van der Waals surface area contributed by atoms with Crippen molar-refractivity contribution in [3.05, 3.63) is 29.1 Å². The maximum atomic E-state index is 13.0. The molecule has 2 atom stereocenters. The van der Waals surface area contributed by atoms with Gasteiger partial charge in [0.2, 0.25) is 5.91 Å². The van der Waals surface area contributed by atoms with Crippen LogP contribution in [0, 0.1) is 0 Å². The number of nitrogens with one attached hydrogen (secondary N) is 1. The predicted octanol–water partition coefficient (Wildman–Crippen LogP) is 2.03. The molecule has 33 heavy (non-hydrogen) atoms. The summed E-state index contributed by atoms with van der Waals surface area (Å²) in [6, 6.07) is -0.222. The number of amides is 3. The molecule has 0 aliphatic carbocycles. The molecule has 0 saturated carbocycles. The number of rotatable bonds is 3. The first-order valence-electron chi connectivity index (χ1n) is 10.1. The minimum absolute atomic E-state index is 0.00148. The number of ether oxygens (including phenoxy) is 2. The Morgan fingerprint density at radius 1 is 1.12 bits per heavy atom. The summed E-state index contributed by atoms with van der Waals surface area (Å²) in [5, 5.41) is 2.80. The van der Waals surface area contributed by atoms with E-state index in [-0.39, 0.29) is 55.7 Å². The van der Waals surface area contributed by atoms with Crippen LogP contribution in [0.4, 0.5) is 31.1 Å². The van der Waals surface area contributed by atoms with E-state index in [1.54, 1.807) is 4.90 Å². The number of morpholine rings is 1. The third kappa shape index (κ3) is 5.16. The van der Waals surface area contributed by atoms with E-state index in [9.17, 15) is 35.9 Å². The van der Waals surface area contributed by atoms with Crippen LogP contribution in [0.1, 0.15) is 23.2 Å². The van der Waals surface area contributed by atoms with Gasteiger partial charge >= 0.3 is 18.4 Å². The lowest BCUT2D eigenvalue weighted by atomic mass is 10.0. The fraction of sp³-hybridized carbons (Fsp3) is 0.632. The third-order valence-corrected chi connectivity index (χ3v) is 5.75. The number of likely N-dealkylation sites (tertiary alicyclic amines) is 2. The highest BCUT2D eigenvalue weighted by Crippen LogP contribution is 2.40. The van der Waals surface area contributed by atoms with Crippen molar-refractivity contribution < 1.29 is 45.4 Å². The molecule has 0 spiro atoms. The first-order chi connectivity index (χ1) is 15.4. The SMILES string of the molecule is O=C1CO[C@H]2CCN(C(=O)N3CC(OCc4cc(C(F)(F)F)c(C(F)(F)F)cn4)C3)C[C@H]2N1. The molecule has 1 N–H and O–H groups in total. The van der Waals surface area contributed by atoms with Gasteiger partial charge in [0.15, 0.2) is 0 Å². The summed E-state index contributed by atoms with van der Waals surface area (Å²) in [4.78, 5) is 30.6. The second kappa shape index (κ2) is 8.63. The Morgan fingerprint density at radius 3 is 2.48 bits per heavy atom. The maximum Gasteiger partial charge on any atom is 0.418 e. The zero-order valence-electron chi connectivity index (χ0n) is 17.1. The van der Waals surface area contributed by atoms with Crippen molar-refractivity contribution in [2.24, 2.45) is 0 Å². The van der Waals surface area contributed by atoms with Crippen molar-refractivity contribution in [2.45, 2.75) is 43.6 Å². The molecular weight excluding hydrogens is 462 g/mol. The molecule has 3 amide bonds. The van der Waals surface area contributed by atoms with Crippen molar-refractivity contribution >= 4 is 11.9 Å². The van der Waals surface area contributed by atoms with Gasteiger partial charge in [-0.3, -0.25) is 9.78 Å². The molecule has 0 aromatic carbocycles. The van der Waals surface area contributed by atoms with Crippen molar-refractivity contribution in [1.29, 1.82) is 0 Å². The number of halogens is 6. The molecule has 4 heterocycles. The topological polar surface area (TPSA) is 84.0 Å². The highest BCUT2D eigenvalue weighted by Gasteiger charge is 2.44. The largest absolute Gasteiger partial charge is 0.418 e. The maximum absolute atomic E-state index is 13.0. The molecule has 4 rings (SSSR count). The molecule has 14 heteroatoms. The zero-order valence-corrected chi connectivity index (χ0v) is 17.1. The van der Waals surface area contributed by atoms with Crippen molar-refractivity contribution in [1.82, 2.24) is 20.1 Å². The molecule has 3 saturated heterocycles. The van der Waals surface area contributed by atoms with Gasteiger partial charge in [-0.25, -0.2) is 4.79 Å². The number of urea groups is 1.